The zero-order valence-corrected chi connectivity index (χ0v) is 13.8. The van der Waals surface area contributed by atoms with Crippen LogP contribution in [0.4, 0.5) is 4.79 Å². The van der Waals surface area contributed by atoms with Gasteiger partial charge in [-0.15, -0.1) is 0 Å². The van der Waals surface area contributed by atoms with Crippen molar-refractivity contribution in [2.24, 2.45) is 5.92 Å². The Balaban J connectivity index is 1.41. The standard InChI is InChI=1S/C17H30N2O3/c1-2-15-5-3-4-10-19(15)16(20)18-13-14-6-8-17(9-7-14)21-11-12-22-17/h14-15H,2-13H2,1H3,(H,18,20)/t15-/m1/s1. The van der Waals surface area contributed by atoms with Crippen LogP contribution in [0.3, 0.4) is 0 Å². The molecule has 1 atom stereocenters. The van der Waals surface area contributed by atoms with Crippen LogP contribution < -0.4 is 5.32 Å². The van der Waals surface area contributed by atoms with Gasteiger partial charge in [-0.25, -0.2) is 4.79 Å². The molecule has 22 heavy (non-hydrogen) atoms. The van der Waals surface area contributed by atoms with Gasteiger partial charge in [-0.3, -0.25) is 0 Å². The quantitative estimate of drug-likeness (QED) is 0.872. The van der Waals surface area contributed by atoms with Gasteiger partial charge >= 0.3 is 6.03 Å². The number of ether oxygens (including phenoxy) is 2. The molecule has 5 nitrogen and oxygen atoms in total. The molecule has 0 bridgehead atoms. The first-order valence-corrected chi connectivity index (χ1v) is 9.05. The number of hydrogen-bond donors (Lipinski definition) is 1. The molecule has 3 rings (SSSR count). The van der Waals surface area contributed by atoms with Crippen molar-refractivity contribution in [1.82, 2.24) is 10.2 Å². The normalized spacial score (nSPS) is 29.0. The summed E-state index contributed by atoms with van der Waals surface area (Å²) >= 11 is 0. The van der Waals surface area contributed by atoms with E-state index in [2.05, 4.69) is 17.1 Å². The van der Waals surface area contributed by atoms with Gasteiger partial charge in [0.1, 0.15) is 0 Å². The van der Waals surface area contributed by atoms with Crippen LogP contribution in [0.25, 0.3) is 0 Å². The first-order chi connectivity index (χ1) is 10.7. The smallest absolute Gasteiger partial charge is 0.317 e. The summed E-state index contributed by atoms with van der Waals surface area (Å²) < 4.78 is 11.5. The number of nitrogens with zero attached hydrogens (tertiary/aromatic N) is 1. The van der Waals surface area contributed by atoms with Crippen molar-refractivity contribution in [1.29, 1.82) is 0 Å². The van der Waals surface area contributed by atoms with Crippen molar-refractivity contribution >= 4 is 6.03 Å². The minimum Gasteiger partial charge on any atom is -0.348 e. The molecule has 2 amide bonds. The monoisotopic (exact) mass is 310 g/mol. The molecule has 3 aliphatic rings. The summed E-state index contributed by atoms with van der Waals surface area (Å²) in [6, 6.07) is 0.573. The third-order valence-electron chi connectivity index (χ3n) is 5.58. The van der Waals surface area contributed by atoms with E-state index < -0.39 is 0 Å². The molecule has 5 heteroatoms. The van der Waals surface area contributed by atoms with E-state index in [1.165, 1.54) is 6.42 Å². The maximum absolute atomic E-state index is 12.4. The van der Waals surface area contributed by atoms with Gasteiger partial charge in [-0.2, -0.15) is 0 Å². The van der Waals surface area contributed by atoms with Crippen molar-refractivity contribution in [2.45, 2.75) is 70.1 Å². The predicted octanol–water partition coefficient (Wildman–Crippen LogP) is 2.89. The van der Waals surface area contributed by atoms with Gasteiger partial charge in [-0.1, -0.05) is 6.92 Å². The van der Waals surface area contributed by atoms with Crippen LogP contribution in [0.15, 0.2) is 0 Å². The van der Waals surface area contributed by atoms with Crippen LogP contribution in [0.5, 0.6) is 0 Å². The van der Waals surface area contributed by atoms with Crippen molar-refractivity contribution in [3.05, 3.63) is 0 Å². The molecule has 2 aliphatic heterocycles. The Hall–Kier alpha value is -0.810. The Morgan fingerprint density at radius 2 is 1.91 bits per heavy atom. The molecule has 2 heterocycles. The number of nitrogens with one attached hydrogen (secondary N) is 1. The number of urea groups is 1. The Morgan fingerprint density at radius 1 is 1.18 bits per heavy atom. The molecule has 1 aliphatic carbocycles. The first-order valence-electron chi connectivity index (χ1n) is 9.05. The maximum atomic E-state index is 12.4. The third-order valence-corrected chi connectivity index (χ3v) is 5.58. The molecule has 0 aromatic heterocycles. The summed E-state index contributed by atoms with van der Waals surface area (Å²) in [7, 11) is 0. The second-order valence-corrected chi connectivity index (χ2v) is 6.99. The van der Waals surface area contributed by atoms with E-state index in [1.807, 2.05) is 0 Å². The Kier molecular flexibility index (Phi) is 5.24. The van der Waals surface area contributed by atoms with E-state index >= 15 is 0 Å². The van der Waals surface area contributed by atoms with E-state index in [4.69, 9.17) is 9.47 Å². The highest BCUT2D eigenvalue weighted by Crippen LogP contribution is 2.38. The van der Waals surface area contributed by atoms with Crippen molar-refractivity contribution < 1.29 is 14.3 Å². The predicted molar refractivity (Wildman–Crippen MR) is 84.6 cm³/mol. The van der Waals surface area contributed by atoms with Crippen LogP contribution in [0, 0.1) is 5.92 Å². The molecule has 0 aromatic rings. The number of likely N-dealkylation sites (tertiary alicyclic amines) is 1. The van der Waals surface area contributed by atoms with Crippen molar-refractivity contribution in [3.8, 4) is 0 Å². The molecule has 1 saturated carbocycles. The maximum Gasteiger partial charge on any atom is 0.317 e. The van der Waals surface area contributed by atoms with Gasteiger partial charge in [0.15, 0.2) is 5.79 Å². The summed E-state index contributed by atoms with van der Waals surface area (Å²) in [5, 5.41) is 3.17. The fourth-order valence-electron chi connectivity index (χ4n) is 4.13. The summed E-state index contributed by atoms with van der Waals surface area (Å²) in [4.78, 5) is 14.5. The van der Waals surface area contributed by atoms with E-state index in [1.54, 1.807) is 0 Å². The van der Waals surface area contributed by atoms with Gasteiger partial charge in [0.25, 0.3) is 0 Å². The summed E-state index contributed by atoms with van der Waals surface area (Å²) in [5.41, 5.74) is 0. The van der Waals surface area contributed by atoms with Gasteiger partial charge in [0.05, 0.1) is 13.2 Å². The average molecular weight is 310 g/mol. The molecule has 2 saturated heterocycles. The lowest BCUT2D eigenvalue weighted by molar-refractivity contribution is -0.182. The zero-order chi connectivity index (χ0) is 15.4. The topological polar surface area (TPSA) is 50.8 Å². The van der Waals surface area contributed by atoms with E-state index in [9.17, 15) is 4.79 Å². The minimum absolute atomic E-state index is 0.139. The fourth-order valence-corrected chi connectivity index (χ4v) is 4.13. The Morgan fingerprint density at radius 3 is 2.59 bits per heavy atom. The first kappa shape index (κ1) is 16.1. The Labute approximate surface area is 133 Å². The molecule has 0 unspecified atom stereocenters. The number of carbonyl (C=O) groups excluding carboxylic acids is 1. The highest BCUT2D eigenvalue weighted by molar-refractivity contribution is 5.74. The SMILES string of the molecule is CC[C@@H]1CCCCN1C(=O)NCC1CCC2(CC1)OCCO2. The van der Waals surface area contributed by atoms with Gasteiger partial charge < -0.3 is 19.7 Å². The van der Waals surface area contributed by atoms with Crippen molar-refractivity contribution in [3.63, 3.8) is 0 Å². The number of hydrogen-bond acceptors (Lipinski definition) is 3. The van der Waals surface area contributed by atoms with E-state index in [0.29, 0.717) is 12.0 Å². The molecule has 126 valence electrons. The van der Waals surface area contributed by atoms with Gasteiger partial charge in [0.2, 0.25) is 0 Å². The minimum atomic E-state index is -0.291. The molecular formula is C17H30N2O3. The highest BCUT2D eigenvalue weighted by Gasteiger charge is 2.40. The van der Waals surface area contributed by atoms with Crippen LogP contribution in [-0.4, -0.2) is 49.1 Å². The molecule has 3 fully saturated rings. The zero-order valence-electron chi connectivity index (χ0n) is 13.8. The van der Waals surface area contributed by atoms with Gasteiger partial charge in [-0.05, 0) is 44.4 Å². The summed E-state index contributed by atoms with van der Waals surface area (Å²) in [6.45, 7) is 5.35. The Bertz CT molecular complexity index is 372. The molecule has 0 aromatic carbocycles. The lowest BCUT2D eigenvalue weighted by Gasteiger charge is -2.37. The number of piperidine rings is 1. The molecule has 1 spiro atoms. The average Bonchev–Trinajstić information content (AvgIpc) is 3.02. The molecule has 0 radical (unpaired) electrons. The largest absolute Gasteiger partial charge is 0.348 e. The molecule has 1 N–H and O–H groups in total. The van der Waals surface area contributed by atoms with E-state index in [0.717, 1.165) is 71.2 Å². The summed E-state index contributed by atoms with van der Waals surface area (Å²) in [6.07, 6.45) is 8.72. The lowest BCUT2D eigenvalue weighted by Crippen LogP contribution is -2.49. The van der Waals surface area contributed by atoms with E-state index in [-0.39, 0.29) is 11.8 Å². The van der Waals surface area contributed by atoms with Crippen molar-refractivity contribution in [2.75, 3.05) is 26.3 Å². The van der Waals surface area contributed by atoms with Gasteiger partial charge in [0, 0.05) is 32.0 Å². The lowest BCUT2D eigenvalue weighted by atomic mass is 9.85. The second kappa shape index (κ2) is 7.18. The number of amides is 2. The fraction of sp³-hybridized carbons (Fsp3) is 0.941. The van der Waals surface area contributed by atoms with Crippen LogP contribution >= 0.6 is 0 Å². The summed E-state index contributed by atoms with van der Waals surface area (Å²) in [5.74, 6) is 0.271. The van der Waals surface area contributed by atoms with Crippen LogP contribution in [0.2, 0.25) is 0 Å². The van der Waals surface area contributed by atoms with Crippen LogP contribution in [-0.2, 0) is 9.47 Å². The van der Waals surface area contributed by atoms with Crippen LogP contribution in [0.1, 0.15) is 58.3 Å². The second-order valence-electron chi connectivity index (χ2n) is 6.99. The third kappa shape index (κ3) is 3.57. The number of carbonyl (C=O) groups is 1. The number of rotatable bonds is 3. The molecular weight excluding hydrogens is 280 g/mol. The highest BCUT2D eigenvalue weighted by atomic mass is 16.7.